The first-order valence-corrected chi connectivity index (χ1v) is 12.4. The predicted molar refractivity (Wildman–Crippen MR) is 141 cm³/mol. The molecule has 11 nitrogen and oxygen atoms in total. The zero-order valence-electron chi connectivity index (χ0n) is 22.0. The lowest BCUT2D eigenvalue weighted by molar-refractivity contribution is 0.00818. The van der Waals surface area contributed by atoms with Crippen molar-refractivity contribution in [3.63, 3.8) is 0 Å². The van der Waals surface area contributed by atoms with E-state index < -0.39 is 6.68 Å². The van der Waals surface area contributed by atoms with Crippen LogP contribution in [-0.4, -0.2) is 66.2 Å². The third-order valence-electron chi connectivity index (χ3n) is 6.04. The Bertz CT molecular complexity index is 1130. The topological polar surface area (TPSA) is 169 Å². The number of pyridine rings is 1. The smallest absolute Gasteiger partial charge is 0.379 e. The van der Waals surface area contributed by atoms with Gasteiger partial charge in [0.2, 0.25) is 11.8 Å². The van der Waals surface area contributed by atoms with Gasteiger partial charge in [0.15, 0.2) is 6.29 Å². The number of nitrogens with zero attached hydrogens (tertiary/aromatic N) is 6. The zero-order chi connectivity index (χ0) is 28.9. The SMILES string of the molecule is C=C(N)c1nc(C2CCN(c3nc(C=O)nc(OCC4CC4C#N)n3)CC2)ccc1N.CCNC.FC(F)F. The molecule has 1 aliphatic carbocycles. The summed E-state index contributed by atoms with van der Waals surface area (Å²) in [6.07, 6.45) is 3.07. The molecule has 0 radical (unpaired) electrons. The second-order valence-corrected chi connectivity index (χ2v) is 8.85. The van der Waals surface area contributed by atoms with Crippen LogP contribution < -0.4 is 26.4 Å². The molecule has 2 unspecified atom stereocenters. The van der Waals surface area contributed by atoms with Crippen LogP contribution in [0.5, 0.6) is 6.01 Å². The molecule has 2 fully saturated rings. The molecule has 0 amide bonds. The van der Waals surface area contributed by atoms with E-state index in [9.17, 15) is 18.0 Å². The summed E-state index contributed by atoms with van der Waals surface area (Å²) in [5, 5.41) is 11.8. The molecule has 0 aromatic carbocycles. The monoisotopic (exact) mass is 549 g/mol. The normalized spacial score (nSPS) is 18.1. The standard InChI is InChI=1S/C21H24N8O2.C3H9N.CHF3/c1-12(23)19-16(24)2-3-17(25-19)13-4-6-29(7-5-13)20-26-18(10-30)27-21(28-20)31-11-15-8-14(15)9-22;1-3-4-2;2-1(3)4/h2-3,10,13-15H,1,4-8,11,23-24H2;4H,3H2,1-2H3;1H. The number of halogens is 3. The third kappa shape index (κ3) is 10.0. The lowest BCUT2D eigenvalue weighted by Gasteiger charge is -2.32. The molecule has 2 aliphatic rings. The van der Waals surface area contributed by atoms with Gasteiger partial charge in [0, 0.05) is 30.6 Å². The predicted octanol–water partition coefficient (Wildman–Crippen LogP) is 2.92. The number of rotatable bonds is 8. The number of carbonyl (C=O) groups is 1. The van der Waals surface area contributed by atoms with Gasteiger partial charge in [-0.05, 0) is 45.0 Å². The first-order valence-electron chi connectivity index (χ1n) is 12.4. The molecular formula is C25H34F3N9O2. The highest BCUT2D eigenvalue weighted by Gasteiger charge is 2.38. The van der Waals surface area contributed by atoms with E-state index in [-0.39, 0.29) is 29.6 Å². The highest BCUT2D eigenvalue weighted by molar-refractivity contribution is 5.69. The number of hydrogen-bond donors (Lipinski definition) is 3. The fraction of sp³-hybridized carbons (Fsp3) is 0.520. The van der Waals surface area contributed by atoms with Crippen LogP contribution in [0.2, 0.25) is 0 Å². The lowest BCUT2D eigenvalue weighted by Crippen LogP contribution is -2.35. The first kappa shape index (κ1) is 31.2. The molecule has 0 bridgehead atoms. The van der Waals surface area contributed by atoms with E-state index in [0.29, 0.717) is 49.0 Å². The molecule has 2 aromatic rings. The van der Waals surface area contributed by atoms with Gasteiger partial charge in [0.05, 0.1) is 30.0 Å². The van der Waals surface area contributed by atoms with Crippen molar-refractivity contribution in [1.29, 1.82) is 5.26 Å². The van der Waals surface area contributed by atoms with Gasteiger partial charge in [-0.15, -0.1) is 0 Å². The lowest BCUT2D eigenvalue weighted by atomic mass is 9.93. The summed E-state index contributed by atoms with van der Waals surface area (Å²) in [5.41, 5.74) is 14.0. The van der Waals surface area contributed by atoms with Crippen molar-refractivity contribution in [1.82, 2.24) is 25.3 Å². The van der Waals surface area contributed by atoms with E-state index in [1.165, 1.54) is 0 Å². The molecule has 14 heteroatoms. The van der Waals surface area contributed by atoms with E-state index in [0.717, 1.165) is 31.5 Å². The van der Waals surface area contributed by atoms with Crippen molar-refractivity contribution in [3.8, 4) is 12.1 Å². The number of ether oxygens (including phenoxy) is 1. The van der Waals surface area contributed by atoms with Gasteiger partial charge in [0.1, 0.15) is 5.69 Å². The maximum atomic E-state index is 11.3. The molecule has 1 saturated heterocycles. The minimum atomic E-state index is -3.67. The van der Waals surface area contributed by atoms with Gasteiger partial charge >= 0.3 is 12.7 Å². The minimum absolute atomic E-state index is 0.0288. The molecule has 1 aliphatic heterocycles. The van der Waals surface area contributed by atoms with E-state index >= 15 is 0 Å². The zero-order valence-corrected chi connectivity index (χ0v) is 22.0. The number of nitrogens with two attached hydrogens (primary N) is 2. The molecule has 5 N–H and O–H groups in total. The van der Waals surface area contributed by atoms with E-state index in [1.54, 1.807) is 0 Å². The fourth-order valence-electron chi connectivity index (χ4n) is 3.74. The van der Waals surface area contributed by atoms with Crippen LogP contribution in [0.15, 0.2) is 18.7 Å². The van der Waals surface area contributed by atoms with Gasteiger partial charge in [-0.1, -0.05) is 13.5 Å². The van der Waals surface area contributed by atoms with Crippen molar-refractivity contribution < 1.29 is 22.7 Å². The van der Waals surface area contributed by atoms with Crippen molar-refractivity contribution in [2.45, 2.75) is 38.8 Å². The van der Waals surface area contributed by atoms with Crippen LogP contribution >= 0.6 is 0 Å². The number of anilines is 2. The van der Waals surface area contributed by atoms with Gasteiger partial charge < -0.3 is 26.4 Å². The molecule has 2 aromatic heterocycles. The van der Waals surface area contributed by atoms with Crippen LogP contribution in [0.1, 0.15) is 54.1 Å². The summed E-state index contributed by atoms with van der Waals surface area (Å²) < 4.78 is 34.6. The van der Waals surface area contributed by atoms with Gasteiger partial charge in [-0.3, -0.25) is 4.79 Å². The number of piperidine rings is 1. The van der Waals surface area contributed by atoms with Crippen molar-refractivity contribution >= 4 is 23.6 Å². The van der Waals surface area contributed by atoms with Crippen LogP contribution in [0.3, 0.4) is 0 Å². The number of hydrogen-bond acceptors (Lipinski definition) is 11. The minimum Gasteiger partial charge on any atom is -0.463 e. The Morgan fingerprint density at radius 1 is 1.28 bits per heavy atom. The highest BCUT2D eigenvalue weighted by atomic mass is 19.4. The molecule has 0 spiro atoms. The summed E-state index contributed by atoms with van der Waals surface area (Å²) in [6.45, 7) is 4.95. The average molecular weight is 550 g/mol. The van der Waals surface area contributed by atoms with Crippen LogP contribution in [0.4, 0.5) is 24.8 Å². The van der Waals surface area contributed by atoms with E-state index in [4.69, 9.17) is 21.5 Å². The summed E-state index contributed by atoms with van der Waals surface area (Å²) in [6, 6.07) is 6.07. The summed E-state index contributed by atoms with van der Waals surface area (Å²) >= 11 is 0. The summed E-state index contributed by atoms with van der Waals surface area (Å²) in [4.78, 5) is 30.5. The number of aldehydes is 1. The average Bonchev–Trinajstić information content (AvgIpc) is 3.70. The molecule has 3 heterocycles. The molecule has 212 valence electrons. The Morgan fingerprint density at radius 3 is 2.44 bits per heavy atom. The highest BCUT2D eigenvalue weighted by Crippen LogP contribution is 2.37. The Morgan fingerprint density at radius 2 is 1.92 bits per heavy atom. The van der Waals surface area contributed by atoms with Crippen LogP contribution in [-0.2, 0) is 0 Å². The Hall–Kier alpha value is -3.99. The number of nitrogen functional groups attached to an aromatic ring is 1. The molecule has 1 saturated carbocycles. The number of alkyl halides is 3. The van der Waals surface area contributed by atoms with Crippen LogP contribution in [0, 0.1) is 23.2 Å². The van der Waals surface area contributed by atoms with E-state index in [1.807, 2.05) is 24.1 Å². The van der Waals surface area contributed by atoms with E-state index in [2.05, 4.69) is 44.8 Å². The largest absolute Gasteiger partial charge is 0.463 e. The molecular weight excluding hydrogens is 515 g/mol. The summed E-state index contributed by atoms with van der Waals surface area (Å²) in [7, 11) is 1.93. The fourth-order valence-corrected chi connectivity index (χ4v) is 3.74. The van der Waals surface area contributed by atoms with Gasteiger partial charge in [-0.25, -0.2) is 4.98 Å². The quantitative estimate of drug-likeness (QED) is 0.414. The second kappa shape index (κ2) is 15.4. The van der Waals surface area contributed by atoms with Crippen molar-refractivity contribution in [2.75, 3.05) is 43.9 Å². The summed E-state index contributed by atoms with van der Waals surface area (Å²) in [5.74, 6) is 0.920. The number of nitrogens with one attached hydrogen (secondary N) is 1. The molecule has 2 atom stereocenters. The molecule has 39 heavy (non-hydrogen) atoms. The Kier molecular flexibility index (Phi) is 12.4. The maximum absolute atomic E-state index is 11.3. The Labute approximate surface area is 225 Å². The number of carbonyl (C=O) groups excluding carboxylic acids is 1. The van der Waals surface area contributed by atoms with Gasteiger partial charge in [-0.2, -0.15) is 33.4 Å². The number of aromatic nitrogens is 4. The first-order chi connectivity index (χ1) is 18.6. The number of nitriles is 1. The van der Waals surface area contributed by atoms with Crippen LogP contribution in [0.25, 0.3) is 5.70 Å². The Balaban J connectivity index is 0.000000590. The van der Waals surface area contributed by atoms with Crippen molar-refractivity contribution in [2.24, 2.45) is 17.6 Å². The molecule has 4 rings (SSSR count). The van der Waals surface area contributed by atoms with Gasteiger partial charge in [0.25, 0.3) is 0 Å². The maximum Gasteiger partial charge on any atom is 0.379 e. The third-order valence-corrected chi connectivity index (χ3v) is 6.04. The second-order valence-electron chi connectivity index (χ2n) is 8.85. The van der Waals surface area contributed by atoms with Crippen molar-refractivity contribution in [3.05, 3.63) is 35.9 Å².